The van der Waals surface area contributed by atoms with E-state index in [4.69, 9.17) is 28.9 Å². The monoisotopic (exact) mass is 335 g/mol. The molecule has 0 amide bonds. The Morgan fingerprint density at radius 1 is 1.00 bits per heavy atom. The molecule has 0 fully saturated rings. The summed E-state index contributed by atoms with van der Waals surface area (Å²) in [6.45, 7) is 2.26. The van der Waals surface area contributed by atoms with E-state index in [-0.39, 0.29) is 6.04 Å². The Morgan fingerprint density at radius 2 is 1.55 bits per heavy atom. The van der Waals surface area contributed by atoms with E-state index >= 15 is 0 Å². The second kappa shape index (κ2) is 10.9. The fourth-order valence-electron chi connectivity index (χ4n) is 2.44. The third-order valence-corrected chi connectivity index (χ3v) is 5.22. The van der Waals surface area contributed by atoms with Gasteiger partial charge in [-0.25, -0.2) is 0 Å². The molecule has 0 aromatic carbocycles. The molecular formula is C16H27Cl2NS. The number of thiophene rings is 1. The highest BCUT2D eigenvalue weighted by Crippen LogP contribution is 2.35. The minimum atomic E-state index is 0.0378. The lowest BCUT2D eigenvalue weighted by molar-refractivity contribution is 0.533. The van der Waals surface area contributed by atoms with E-state index < -0.39 is 0 Å². The van der Waals surface area contributed by atoms with E-state index in [0.717, 1.165) is 20.7 Å². The second-order valence-electron chi connectivity index (χ2n) is 5.50. The number of hydrogen-bond acceptors (Lipinski definition) is 2. The van der Waals surface area contributed by atoms with Crippen molar-refractivity contribution in [1.82, 2.24) is 0 Å². The molecule has 1 rings (SSSR count). The van der Waals surface area contributed by atoms with E-state index in [0.29, 0.717) is 0 Å². The smallest absolute Gasteiger partial charge is 0.0991 e. The van der Waals surface area contributed by atoms with Gasteiger partial charge in [0.25, 0.3) is 0 Å². The minimum Gasteiger partial charge on any atom is -0.324 e. The molecule has 0 saturated heterocycles. The molecule has 4 heteroatoms. The molecule has 0 aliphatic heterocycles. The fourth-order valence-corrected chi connectivity index (χ4v) is 4.03. The number of unbranched alkanes of at least 4 members (excludes halogenated alkanes) is 8. The van der Waals surface area contributed by atoms with Gasteiger partial charge in [-0.3, -0.25) is 0 Å². The normalized spacial score (nSPS) is 12.8. The average molecular weight is 336 g/mol. The molecular weight excluding hydrogens is 309 g/mol. The van der Waals surface area contributed by atoms with E-state index in [2.05, 4.69) is 6.92 Å². The largest absolute Gasteiger partial charge is 0.324 e. The van der Waals surface area contributed by atoms with Crippen LogP contribution < -0.4 is 5.73 Å². The van der Waals surface area contributed by atoms with E-state index in [9.17, 15) is 0 Å². The first-order valence-electron chi connectivity index (χ1n) is 7.85. The van der Waals surface area contributed by atoms with Gasteiger partial charge in [0.05, 0.1) is 8.67 Å². The molecule has 0 aliphatic rings. The Kier molecular flexibility index (Phi) is 9.96. The number of halogens is 2. The molecule has 0 radical (unpaired) electrons. The molecule has 0 spiro atoms. The predicted molar refractivity (Wildman–Crippen MR) is 93.1 cm³/mol. The van der Waals surface area contributed by atoms with Gasteiger partial charge in [-0.15, -0.1) is 11.3 Å². The van der Waals surface area contributed by atoms with Crippen molar-refractivity contribution < 1.29 is 0 Å². The van der Waals surface area contributed by atoms with Crippen molar-refractivity contribution in [3.63, 3.8) is 0 Å². The zero-order valence-electron chi connectivity index (χ0n) is 12.5. The Balaban J connectivity index is 2.02. The minimum absolute atomic E-state index is 0.0378. The second-order valence-corrected chi connectivity index (χ2v) is 7.79. The molecule has 1 aromatic rings. The molecule has 0 aliphatic carbocycles. The number of nitrogens with two attached hydrogens (primary N) is 1. The van der Waals surface area contributed by atoms with Crippen molar-refractivity contribution in [3.05, 3.63) is 20.3 Å². The SMILES string of the molecule is CCCCCCCCCCCC(N)c1cc(Cl)sc1Cl. The van der Waals surface area contributed by atoms with Crippen LogP contribution in [0.3, 0.4) is 0 Å². The lowest BCUT2D eigenvalue weighted by Gasteiger charge is -2.10. The molecule has 0 saturated carbocycles. The maximum atomic E-state index is 6.17. The molecule has 1 unspecified atom stereocenters. The summed E-state index contributed by atoms with van der Waals surface area (Å²) in [5.41, 5.74) is 7.18. The summed E-state index contributed by atoms with van der Waals surface area (Å²) in [6.07, 6.45) is 13.1. The van der Waals surface area contributed by atoms with Gasteiger partial charge in [-0.1, -0.05) is 87.9 Å². The Morgan fingerprint density at radius 3 is 2.05 bits per heavy atom. The third-order valence-electron chi connectivity index (χ3n) is 3.70. The van der Waals surface area contributed by atoms with E-state index in [1.54, 1.807) is 0 Å². The first-order valence-corrected chi connectivity index (χ1v) is 9.42. The Bertz CT molecular complexity index is 365. The van der Waals surface area contributed by atoms with Gasteiger partial charge >= 0.3 is 0 Å². The molecule has 2 N–H and O–H groups in total. The molecule has 20 heavy (non-hydrogen) atoms. The Hall–Kier alpha value is 0.240. The molecule has 0 bridgehead atoms. The highest BCUT2D eigenvalue weighted by atomic mass is 35.5. The van der Waals surface area contributed by atoms with Gasteiger partial charge in [0, 0.05) is 6.04 Å². The van der Waals surface area contributed by atoms with Gasteiger partial charge in [-0.2, -0.15) is 0 Å². The first kappa shape index (κ1) is 18.3. The number of rotatable bonds is 11. The highest BCUT2D eigenvalue weighted by Gasteiger charge is 2.13. The lowest BCUT2D eigenvalue weighted by atomic mass is 10.0. The van der Waals surface area contributed by atoms with Crippen molar-refractivity contribution in [2.75, 3.05) is 0 Å². The predicted octanol–water partition coefficient (Wildman–Crippen LogP) is 6.98. The number of hydrogen-bond donors (Lipinski definition) is 1. The first-order chi connectivity index (χ1) is 9.65. The van der Waals surface area contributed by atoms with Gasteiger partial charge in [-0.05, 0) is 18.1 Å². The van der Waals surface area contributed by atoms with Crippen molar-refractivity contribution in [3.8, 4) is 0 Å². The van der Waals surface area contributed by atoms with Crippen LogP contribution in [0, 0.1) is 0 Å². The molecule has 1 nitrogen and oxygen atoms in total. The van der Waals surface area contributed by atoms with Crippen LogP contribution in [-0.2, 0) is 0 Å². The topological polar surface area (TPSA) is 26.0 Å². The van der Waals surface area contributed by atoms with E-state index in [1.807, 2.05) is 6.07 Å². The molecule has 116 valence electrons. The van der Waals surface area contributed by atoms with Crippen LogP contribution in [0.1, 0.15) is 82.7 Å². The summed E-state index contributed by atoms with van der Waals surface area (Å²) >= 11 is 13.5. The maximum Gasteiger partial charge on any atom is 0.0991 e. The zero-order chi connectivity index (χ0) is 14.8. The third kappa shape index (κ3) is 7.31. The fraction of sp³-hybridized carbons (Fsp3) is 0.750. The Labute approximate surface area is 137 Å². The summed E-state index contributed by atoms with van der Waals surface area (Å²) < 4.78 is 1.48. The van der Waals surface area contributed by atoms with Crippen molar-refractivity contribution in [2.24, 2.45) is 5.73 Å². The highest BCUT2D eigenvalue weighted by molar-refractivity contribution is 7.20. The van der Waals surface area contributed by atoms with Gasteiger partial charge in [0.15, 0.2) is 0 Å². The lowest BCUT2D eigenvalue weighted by Crippen LogP contribution is -2.09. The van der Waals surface area contributed by atoms with Gasteiger partial charge in [0.2, 0.25) is 0 Å². The van der Waals surface area contributed by atoms with Gasteiger partial charge < -0.3 is 5.73 Å². The summed E-state index contributed by atoms with van der Waals surface area (Å²) in [5, 5.41) is 0. The molecule has 1 heterocycles. The van der Waals surface area contributed by atoms with Crippen LogP contribution in [0.2, 0.25) is 8.67 Å². The van der Waals surface area contributed by atoms with Gasteiger partial charge in [0.1, 0.15) is 0 Å². The van der Waals surface area contributed by atoms with Crippen LogP contribution in [0.4, 0.5) is 0 Å². The summed E-state index contributed by atoms with van der Waals surface area (Å²) in [7, 11) is 0. The molecule has 1 aromatic heterocycles. The van der Waals surface area contributed by atoms with Crippen LogP contribution in [0.15, 0.2) is 6.07 Å². The standard InChI is InChI=1S/C16H27Cl2NS/c1-2-3-4-5-6-7-8-9-10-11-14(19)13-12-15(17)20-16(13)18/h12,14H,2-11,19H2,1H3. The quantitative estimate of drug-likeness (QED) is 0.434. The van der Waals surface area contributed by atoms with Crippen molar-refractivity contribution >= 4 is 34.5 Å². The van der Waals surface area contributed by atoms with Crippen LogP contribution >= 0.6 is 34.5 Å². The van der Waals surface area contributed by atoms with Crippen LogP contribution in [0.5, 0.6) is 0 Å². The summed E-state index contributed by atoms with van der Waals surface area (Å²) in [6, 6.07) is 1.95. The van der Waals surface area contributed by atoms with Crippen LogP contribution in [0.25, 0.3) is 0 Å². The average Bonchev–Trinajstić information content (AvgIpc) is 2.75. The summed E-state index contributed by atoms with van der Waals surface area (Å²) in [5.74, 6) is 0. The van der Waals surface area contributed by atoms with E-state index in [1.165, 1.54) is 69.1 Å². The summed E-state index contributed by atoms with van der Waals surface area (Å²) in [4.78, 5) is 0. The van der Waals surface area contributed by atoms with Crippen molar-refractivity contribution in [2.45, 2.75) is 77.2 Å². The maximum absolute atomic E-state index is 6.17. The zero-order valence-corrected chi connectivity index (χ0v) is 14.8. The van der Waals surface area contributed by atoms with Crippen LogP contribution in [-0.4, -0.2) is 0 Å². The molecule has 1 atom stereocenters. The van der Waals surface area contributed by atoms with Crippen molar-refractivity contribution in [1.29, 1.82) is 0 Å².